The van der Waals surface area contributed by atoms with E-state index in [1.165, 1.54) is 6.07 Å². The zero-order chi connectivity index (χ0) is 15.6. The molecule has 8 heteroatoms. The van der Waals surface area contributed by atoms with Gasteiger partial charge in [-0.25, -0.2) is 0 Å². The van der Waals surface area contributed by atoms with Crippen LogP contribution in [0.25, 0.3) is 0 Å². The van der Waals surface area contributed by atoms with Gasteiger partial charge >= 0.3 is 5.69 Å². The van der Waals surface area contributed by atoms with E-state index in [2.05, 4.69) is 21.2 Å². The lowest BCUT2D eigenvalue weighted by molar-refractivity contribution is -0.387. The summed E-state index contributed by atoms with van der Waals surface area (Å²) in [5, 5.41) is 13.3. The van der Waals surface area contributed by atoms with Gasteiger partial charge in [-0.1, -0.05) is 27.5 Å². The Labute approximate surface area is 132 Å². The van der Waals surface area contributed by atoms with Gasteiger partial charge in [0, 0.05) is 16.1 Å². The summed E-state index contributed by atoms with van der Waals surface area (Å²) in [7, 11) is 0. The summed E-state index contributed by atoms with van der Waals surface area (Å²) in [6.07, 6.45) is 0. The Balaban J connectivity index is 2.24. The third-order valence-electron chi connectivity index (χ3n) is 2.59. The fraction of sp³-hybridized carbons (Fsp3) is 0. The maximum Gasteiger partial charge on any atom is 0.304 e. The number of amides is 1. The standard InChI is InChI=1S/C13H7BrClFN2O3/c14-8-2-3-11(9(15)6-8)17-13(19)7-1-4-12(18(20)21)10(16)5-7/h1-6H,(H,17,19). The van der Waals surface area contributed by atoms with Gasteiger partial charge in [-0.15, -0.1) is 0 Å². The number of hydrogen-bond acceptors (Lipinski definition) is 3. The van der Waals surface area contributed by atoms with Crippen LogP contribution in [0.2, 0.25) is 5.02 Å². The number of nitro groups is 1. The molecule has 0 aliphatic rings. The van der Waals surface area contributed by atoms with Crippen LogP contribution in [0.3, 0.4) is 0 Å². The van der Waals surface area contributed by atoms with Crippen LogP contribution in [0.1, 0.15) is 10.4 Å². The highest BCUT2D eigenvalue weighted by Gasteiger charge is 2.17. The molecule has 2 aromatic rings. The van der Waals surface area contributed by atoms with Crippen molar-refractivity contribution >= 4 is 44.8 Å². The largest absolute Gasteiger partial charge is 0.321 e. The normalized spacial score (nSPS) is 10.2. The second-order valence-corrected chi connectivity index (χ2v) is 5.32. The Morgan fingerprint density at radius 1 is 1.29 bits per heavy atom. The van der Waals surface area contributed by atoms with Crippen LogP contribution in [0.4, 0.5) is 15.8 Å². The van der Waals surface area contributed by atoms with Crippen molar-refractivity contribution in [1.29, 1.82) is 0 Å². The van der Waals surface area contributed by atoms with Crippen LogP contribution in [-0.4, -0.2) is 10.8 Å². The summed E-state index contributed by atoms with van der Waals surface area (Å²) in [5.41, 5.74) is -0.381. The van der Waals surface area contributed by atoms with E-state index in [0.29, 0.717) is 10.7 Å². The average molecular weight is 374 g/mol. The van der Waals surface area contributed by atoms with E-state index >= 15 is 0 Å². The fourth-order valence-corrected chi connectivity index (χ4v) is 2.30. The summed E-state index contributed by atoms with van der Waals surface area (Å²) in [6, 6.07) is 7.76. The molecule has 21 heavy (non-hydrogen) atoms. The molecule has 2 aromatic carbocycles. The van der Waals surface area contributed by atoms with E-state index in [0.717, 1.165) is 16.6 Å². The Hall–Kier alpha value is -1.99. The van der Waals surface area contributed by atoms with Gasteiger partial charge < -0.3 is 5.32 Å². The molecule has 2 rings (SSSR count). The molecule has 1 amide bonds. The summed E-state index contributed by atoms with van der Waals surface area (Å²) >= 11 is 9.18. The lowest BCUT2D eigenvalue weighted by atomic mass is 10.2. The summed E-state index contributed by atoms with van der Waals surface area (Å²) in [4.78, 5) is 21.6. The minimum atomic E-state index is -1.07. The minimum Gasteiger partial charge on any atom is -0.321 e. The van der Waals surface area contributed by atoms with Gasteiger partial charge in [0.2, 0.25) is 5.82 Å². The molecular weight excluding hydrogens is 367 g/mol. The van der Waals surface area contributed by atoms with Crippen LogP contribution in [-0.2, 0) is 0 Å². The molecule has 5 nitrogen and oxygen atoms in total. The van der Waals surface area contributed by atoms with Crippen molar-refractivity contribution in [3.05, 3.63) is 67.4 Å². The Kier molecular flexibility index (Phi) is 4.54. The van der Waals surface area contributed by atoms with Crippen LogP contribution >= 0.6 is 27.5 Å². The van der Waals surface area contributed by atoms with Gasteiger partial charge in [0.05, 0.1) is 15.6 Å². The number of halogens is 3. The summed E-state index contributed by atoms with van der Waals surface area (Å²) in [5.74, 6) is -1.69. The molecule has 0 bridgehead atoms. The molecule has 108 valence electrons. The van der Waals surface area contributed by atoms with E-state index in [-0.39, 0.29) is 5.56 Å². The number of carbonyl (C=O) groups is 1. The maximum absolute atomic E-state index is 13.5. The summed E-state index contributed by atoms with van der Waals surface area (Å²) in [6.45, 7) is 0. The van der Waals surface area contributed by atoms with Crippen molar-refractivity contribution in [2.24, 2.45) is 0 Å². The topological polar surface area (TPSA) is 72.2 Å². The van der Waals surface area contributed by atoms with Gasteiger partial charge in [-0.05, 0) is 30.3 Å². The fourth-order valence-electron chi connectivity index (χ4n) is 1.58. The number of anilines is 1. The van der Waals surface area contributed by atoms with Gasteiger partial charge in [0.15, 0.2) is 0 Å². The van der Waals surface area contributed by atoms with E-state index in [1.54, 1.807) is 18.2 Å². The second-order valence-electron chi connectivity index (χ2n) is 4.00. The number of nitro benzene ring substituents is 1. The molecule has 0 unspecified atom stereocenters. The smallest absolute Gasteiger partial charge is 0.304 e. The quantitative estimate of drug-likeness (QED) is 0.640. The zero-order valence-electron chi connectivity index (χ0n) is 10.3. The molecule has 0 saturated heterocycles. The van der Waals surface area contributed by atoms with E-state index < -0.39 is 22.3 Å². The molecular formula is C13H7BrClFN2O3. The molecule has 0 spiro atoms. The Morgan fingerprint density at radius 3 is 2.57 bits per heavy atom. The highest BCUT2D eigenvalue weighted by Crippen LogP contribution is 2.26. The Morgan fingerprint density at radius 2 is 2.00 bits per heavy atom. The van der Waals surface area contributed by atoms with Crippen molar-refractivity contribution in [2.75, 3.05) is 5.32 Å². The Bertz CT molecular complexity index is 739. The maximum atomic E-state index is 13.5. The lowest BCUT2D eigenvalue weighted by Crippen LogP contribution is -2.12. The van der Waals surface area contributed by atoms with Gasteiger partial charge in [-0.2, -0.15) is 4.39 Å². The summed E-state index contributed by atoms with van der Waals surface area (Å²) < 4.78 is 14.2. The number of carbonyl (C=O) groups excluding carboxylic acids is 1. The molecule has 0 aromatic heterocycles. The van der Waals surface area contributed by atoms with E-state index in [4.69, 9.17) is 11.6 Å². The van der Waals surface area contributed by atoms with Gasteiger partial charge in [-0.3, -0.25) is 14.9 Å². The SMILES string of the molecule is O=C(Nc1ccc(Br)cc1Cl)c1ccc([N+](=O)[O-])c(F)c1. The van der Waals surface area contributed by atoms with Crippen LogP contribution in [0.5, 0.6) is 0 Å². The average Bonchev–Trinajstić information content (AvgIpc) is 2.41. The minimum absolute atomic E-state index is 0.0444. The number of benzene rings is 2. The number of nitrogens with one attached hydrogen (secondary N) is 1. The monoisotopic (exact) mass is 372 g/mol. The second kappa shape index (κ2) is 6.19. The van der Waals surface area contributed by atoms with Crippen LogP contribution in [0.15, 0.2) is 40.9 Å². The first-order chi connectivity index (χ1) is 9.88. The van der Waals surface area contributed by atoms with E-state index in [9.17, 15) is 19.3 Å². The first kappa shape index (κ1) is 15.4. The predicted molar refractivity (Wildman–Crippen MR) is 80.2 cm³/mol. The highest BCUT2D eigenvalue weighted by molar-refractivity contribution is 9.10. The van der Waals surface area contributed by atoms with E-state index in [1.807, 2.05) is 0 Å². The van der Waals surface area contributed by atoms with Crippen LogP contribution in [0, 0.1) is 15.9 Å². The van der Waals surface area contributed by atoms with Crippen LogP contribution < -0.4 is 5.32 Å². The first-order valence-corrected chi connectivity index (χ1v) is 6.76. The number of hydrogen-bond donors (Lipinski definition) is 1. The first-order valence-electron chi connectivity index (χ1n) is 5.59. The molecule has 0 radical (unpaired) electrons. The lowest BCUT2D eigenvalue weighted by Gasteiger charge is -2.07. The molecule has 0 aliphatic carbocycles. The van der Waals surface area contributed by atoms with Crippen molar-refractivity contribution in [2.45, 2.75) is 0 Å². The third kappa shape index (κ3) is 3.56. The molecule has 0 saturated carbocycles. The third-order valence-corrected chi connectivity index (χ3v) is 3.39. The number of rotatable bonds is 3. The molecule has 0 fully saturated rings. The molecule has 1 N–H and O–H groups in total. The van der Waals surface area contributed by atoms with Crippen molar-refractivity contribution in [3.63, 3.8) is 0 Å². The van der Waals surface area contributed by atoms with Crippen molar-refractivity contribution < 1.29 is 14.1 Å². The zero-order valence-corrected chi connectivity index (χ0v) is 12.6. The van der Waals surface area contributed by atoms with Gasteiger partial charge in [0.25, 0.3) is 5.91 Å². The van der Waals surface area contributed by atoms with Crippen molar-refractivity contribution in [3.8, 4) is 0 Å². The van der Waals surface area contributed by atoms with Gasteiger partial charge in [0.1, 0.15) is 0 Å². The van der Waals surface area contributed by atoms with Crippen molar-refractivity contribution in [1.82, 2.24) is 0 Å². The molecule has 0 atom stereocenters. The highest BCUT2D eigenvalue weighted by atomic mass is 79.9. The predicted octanol–water partition coefficient (Wildman–Crippen LogP) is 4.40. The molecule has 0 heterocycles. The number of nitrogens with zero attached hydrogens (tertiary/aromatic N) is 1. The molecule has 0 aliphatic heterocycles.